The van der Waals surface area contributed by atoms with E-state index in [2.05, 4.69) is 45.7 Å². The molecule has 5 heteroatoms. The van der Waals surface area contributed by atoms with Crippen molar-refractivity contribution in [2.45, 2.75) is 6.92 Å². The lowest BCUT2D eigenvalue weighted by Gasteiger charge is -2.33. The molecule has 0 unspecified atom stereocenters. The van der Waals surface area contributed by atoms with Crippen molar-refractivity contribution < 1.29 is 9.36 Å². The summed E-state index contributed by atoms with van der Waals surface area (Å²) in [7, 11) is 2.18. The van der Waals surface area contributed by atoms with Gasteiger partial charge in [0.2, 0.25) is 11.6 Å². The zero-order chi connectivity index (χ0) is 21.6. The van der Waals surface area contributed by atoms with Crippen LogP contribution in [0.5, 0.6) is 0 Å². The highest BCUT2D eigenvalue weighted by atomic mass is 16.2. The first kappa shape index (κ1) is 20.8. The summed E-state index contributed by atoms with van der Waals surface area (Å²) in [4.78, 5) is 18.5. The summed E-state index contributed by atoms with van der Waals surface area (Å²) in [6, 6.07) is 22.5. The van der Waals surface area contributed by atoms with Crippen LogP contribution in [-0.4, -0.2) is 44.0 Å². The highest BCUT2D eigenvalue weighted by Crippen LogP contribution is 2.18. The number of hydrogen-bond donors (Lipinski definition) is 0. The number of carbonyl (C=O) groups excluding carboxylic acids is 1. The lowest BCUT2D eigenvalue weighted by molar-refractivity contribution is -0.595. The van der Waals surface area contributed by atoms with Crippen LogP contribution in [0.1, 0.15) is 12.5 Å². The number of nitrogens with zero attached hydrogens (tertiary/aromatic N) is 4. The minimum atomic E-state index is -0.0196. The number of piperazine rings is 1. The fourth-order valence-electron chi connectivity index (χ4n) is 3.74. The largest absolute Gasteiger partial charge is 0.369 e. The van der Waals surface area contributed by atoms with E-state index in [1.807, 2.05) is 67.1 Å². The van der Waals surface area contributed by atoms with Gasteiger partial charge in [-0.15, -0.1) is 0 Å². The summed E-state index contributed by atoms with van der Waals surface area (Å²) < 4.78 is 2.10. The smallest absolute Gasteiger partial charge is 0.227 e. The molecule has 0 aliphatic carbocycles. The standard InChI is InChI=1S/C26H29N4O/c1-22(31)30(26-6-4-3-5-7-26)17-14-23-12-15-28(16-13-23)24-8-10-25(11-9-24)29-20-18-27(2)19-21-29/h3-17H,18-21H2,1-2H3/q+1. The number of hydrogen-bond acceptors (Lipinski definition) is 3. The van der Waals surface area contributed by atoms with Crippen molar-refractivity contribution in [2.75, 3.05) is 43.0 Å². The maximum absolute atomic E-state index is 12.0. The molecule has 1 aliphatic heterocycles. The molecular formula is C26H29N4O+. The number of benzene rings is 2. The van der Waals surface area contributed by atoms with E-state index in [9.17, 15) is 4.79 Å². The third-order valence-corrected chi connectivity index (χ3v) is 5.66. The number of pyridine rings is 1. The molecule has 2 heterocycles. The molecule has 1 aliphatic rings. The van der Waals surface area contributed by atoms with Gasteiger partial charge in [-0.2, -0.15) is 4.57 Å². The zero-order valence-electron chi connectivity index (χ0n) is 18.2. The molecule has 1 aromatic heterocycles. The quantitative estimate of drug-likeness (QED) is 0.597. The van der Waals surface area contributed by atoms with Gasteiger partial charge in [-0.3, -0.25) is 9.69 Å². The third kappa shape index (κ3) is 5.19. The Kier molecular flexibility index (Phi) is 6.43. The van der Waals surface area contributed by atoms with Crippen molar-refractivity contribution in [1.29, 1.82) is 0 Å². The Morgan fingerprint density at radius 2 is 1.55 bits per heavy atom. The SMILES string of the molecule is CC(=O)N(C=Cc1cc[n+](-c2ccc(N3CCN(C)CC3)cc2)cc1)c1ccccc1. The first-order valence-electron chi connectivity index (χ1n) is 10.7. The molecule has 0 radical (unpaired) electrons. The average Bonchev–Trinajstić information content (AvgIpc) is 2.81. The number of carbonyl (C=O) groups is 1. The molecule has 0 spiro atoms. The number of likely N-dealkylation sites (N-methyl/N-ethyl adjacent to an activating group) is 1. The summed E-state index contributed by atoms with van der Waals surface area (Å²) in [5.74, 6) is -0.0196. The maximum Gasteiger partial charge on any atom is 0.227 e. The minimum Gasteiger partial charge on any atom is -0.369 e. The van der Waals surface area contributed by atoms with E-state index >= 15 is 0 Å². The summed E-state index contributed by atoms with van der Waals surface area (Å²) in [6.07, 6.45) is 7.87. The Labute approximate surface area is 184 Å². The van der Waals surface area contributed by atoms with E-state index < -0.39 is 0 Å². The third-order valence-electron chi connectivity index (χ3n) is 5.66. The molecule has 1 amide bonds. The lowest BCUT2D eigenvalue weighted by atomic mass is 10.2. The predicted octanol–water partition coefficient (Wildman–Crippen LogP) is 3.74. The van der Waals surface area contributed by atoms with Gasteiger partial charge in [-0.1, -0.05) is 18.2 Å². The van der Waals surface area contributed by atoms with Crippen LogP contribution in [0.4, 0.5) is 11.4 Å². The number of amides is 1. The summed E-state index contributed by atoms with van der Waals surface area (Å²) in [5.41, 5.74) is 4.30. The van der Waals surface area contributed by atoms with Gasteiger partial charge in [0.15, 0.2) is 12.4 Å². The summed E-state index contributed by atoms with van der Waals surface area (Å²) >= 11 is 0. The van der Waals surface area contributed by atoms with Gasteiger partial charge >= 0.3 is 0 Å². The summed E-state index contributed by atoms with van der Waals surface area (Å²) in [5, 5.41) is 0. The van der Waals surface area contributed by atoms with Crippen LogP contribution in [0.3, 0.4) is 0 Å². The van der Waals surface area contributed by atoms with E-state index in [0.29, 0.717) is 0 Å². The Morgan fingerprint density at radius 3 is 2.16 bits per heavy atom. The number of anilines is 2. The highest BCUT2D eigenvalue weighted by Gasteiger charge is 2.15. The second kappa shape index (κ2) is 9.58. The fourth-order valence-corrected chi connectivity index (χ4v) is 3.74. The monoisotopic (exact) mass is 413 g/mol. The molecule has 0 saturated carbocycles. The first-order chi connectivity index (χ1) is 15.1. The topological polar surface area (TPSA) is 30.7 Å². The molecule has 158 valence electrons. The van der Waals surface area contributed by atoms with Crippen LogP contribution >= 0.6 is 0 Å². The molecule has 0 atom stereocenters. The molecule has 0 N–H and O–H groups in total. The summed E-state index contributed by atoms with van der Waals surface area (Å²) in [6.45, 7) is 5.93. The van der Waals surface area contributed by atoms with E-state index in [4.69, 9.17) is 0 Å². The van der Waals surface area contributed by atoms with Crippen molar-refractivity contribution in [2.24, 2.45) is 0 Å². The minimum absolute atomic E-state index is 0.0196. The second-order valence-corrected chi connectivity index (χ2v) is 7.89. The Hall–Kier alpha value is -3.44. The predicted molar refractivity (Wildman–Crippen MR) is 126 cm³/mol. The van der Waals surface area contributed by atoms with Gasteiger partial charge in [0.25, 0.3) is 0 Å². The molecule has 4 rings (SSSR count). The molecule has 3 aromatic rings. The highest BCUT2D eigenvalue weighted by molar-refractivity contribution is 5.94. The van der Waals surface area contributed by atoms with Crippen LogP contribution in [-0.2, 0) is 4.79 Å². The molecular weight excluding hydrogens is 384 g/mol. The van der Waals surface area contributed by atoms with Gasteiger partial charge in [0.05, 0.1) is 0 Å². The van der Waals surface area contributed by atoms with E-state index in [1.54, 1.807) is 11.8 Å². The Bertz CT molecular complexity index is 1020. The van der Waals surface area contributed by atoms with Crippen molar-refractivity contribution in [3.05, 3.63) is 90.9 Å². The zero-order valence-corrected chi connectivity index (χ0v) is 18.2. The van der Waals surface area contributed by atoms with Crippen LogP contribution in [0, 0.1) is 0 Å². The van der Waals surface area contributed by atoms with Gasteiger partial charge in [-0.25, -0.2) is 0 Å². The van der Waals surface area contributed by atoms with Crippen LogP contribution in [0.25, 0.3) is 11.8 Å². The molecule has 2 aromatic carbocycles. The Balaban J connectivity index is 1.44. The molecule has 1 fully saturated rings. The van der Waals surface area contributed by atoms with Crippen LogP contribution in [0.2, 0.25) is 0 Å². The van der Waals surface area contributed by atoms with Crippen molar-refractivity contribution in [1.82, 2.24) is 4.90 Å². The van der Waals surface area contributed by atoms with Gasteiger partial charge in [0, 0.05) is 74.9 Å². The van der Waals surface area contributed by atoms with E-state index in [0.717, 1.165) is 43.1 Å². The average molecular weight is 414 g/mol. The Morgan fingerprint density at radius 1 is 0.903 bits per heavy atom. The number of para-hydroxylation sites is 1. The maximum atomic E-state index is 12.0. The van der Waals surface area contributed by atoms with Crippen molar-refractivity contribution >= 4 is 23.4 Å². The molecule has 0 bridgehead atoms. The number of aromatic nitrogens is 1. The molecule has 5 nitrogen and oxygen atoms in total. The fraction of sp³-hybridized carbons (Fsp3) is 0.231. The van der Waals surface area contributed by atoms with Crippen LogP contribution in [0.15, 0.2) is 85.3 Å². The van der Waals surface area contributed by atoms with Crippen LogP contribution < -0.4 is 14.4 Å². The van der Waals surface area contributed by atoms with Crippen molar-refractivity contribution in [3.8, 4) is 5.69 Å². The van der Waals surface area contributed by atoms with Crippen molar-refractivity contribution in [3.63, 3.8) is 0 Å². The van der Waals surface area contributed by atoms with E-state index in [1.165, 1.54) is 5.69 Å². The van der Waals surface area contributed by atoms with Gasteiger partial charge < -0.3 is 9.80 Å². The normalized spacial score (nSPS) is 14.7. The second-order valence-electron chi connectivity index (χ2n) is 7.89. The van der Waals surface area contributed by atoms with E-state index in [-0.39, 0.29) is 5.91 Å². The molecule has 31 heavy (non-hydrogen) atoms. The molecule has 1 saturated heterocycles. The lowest BCUT2D eigenvalue weighted by Crippen LogP contribution is -2.44. The van der Waals surface area contributed by atoms with Gasteiger partial charge in [-0.05, 0) is 43.0 Å². The van der Waals surface area contributed by atoms with Gasteiger partial charge in [0.1, 0.15) is 0 Å². The number of rotatable bonds is 5. The first-order valence-corrected chi connectivity index (χ1v) is 10.7.